The highest BCUT2D eigenvalue weighted by Crippen LogP contribution is 2.27. The van der Waals surface area contributed by atoms with Gasteiger partial charge in [-0.05, 0) is 24.8 Å². The van der Waals surface area contributed by atoms with E-state index in [1.165, 1.54) is 10.8 Å². The van der Waals surface area contributed by atoms with E-state index in [0.29, 0.717) is 12.6 Å². The molecule has 1 aromatic carbocycles. The minimum atomic E-state index is 0.426. The van der Waals surface area contributed by atoms with Gasteiger partial charge in [0.2, 0.25) is 0 Å². The molecular weight excluding hydrogens is 210 g/mol. The Balaban J connectivity index is 2.66. The molecule has 17 heavy (non-hydrogen) atoms. The molecule has 0 bridgehead atoms. The maximum absolute atomic E-state index is 5.75. The van der Waals surface area contributed by atoms with Crippen LogP contribution < -0.4 is 10.6 Å². The average molecular weight is 229 g/mol. The lowest BCUT2D eigenvalue weighted by atomic mass is 10.1. The lowest BCUT2D eigenvalue weighted by Crippen LogP contribution is -2.26. The Morgan fingerprint density at radius 1 is 1.24 bits per heavy atom. The number of nitrogens with zero attached hydrogens (tertiary/aromatic N) is 2. The number of pyridine rings is 1. The summed E-state index contributed by atoms with van der Waals surface area (Å²) in [5.74, 6) is 1.02. The second-order valence-electron chi connectivity index (χ2n) is 4.56. The second-order valence-corrected chi connectivity index (χ2v) is 4.56. The maximum atomic E-state index is 5.75. The van der Waals surface area contributed by atoms with Crippen LogP contribution in [0, 0.1) is 0 Å². The van der Waals surface area contributed by atoms with Crippen molar-refractivity contribution < 1.29 is 0 Å². The van der Waals surface area contributed by atoms with Crippen LogP contribution >= 0.6 is 0 Å². The van der Waals surface area contributed by atoms with Crippen molar-refractivity contribution >= 4 is 16.6 Å². The molecule has 0 unspecified atom stereocenters. The van der Waals surface area contributed by atoms with Gasteiger partial charge in [-0.2, -0.15) is 0 Å². The van der Waals surface area contributed by atoms with Crippen LogP contribution in [0.4, 0.5) is 5.82 Å². The summed E-state index contributed by atoms with van der Waals surface area (Å²) in [6.45, 7) is 4.85. The zero-order valence-electron chi connectivity index (χ0n) is 10.6. The van der Waals surface area contributed by atoms with Crippen LogP contribution in [0.15, 0.2) is 30.5 Å². The van der Waals surface area contributed by atoms with Gasteiger partial charge in [0.05, 0.1) is 0 Å². The van der Waals surface area contributed by atoms with Gasteiger partial charge in [0.25, 0.3) is 0 Å². The summed E-state index contributed by atoms with van der Waals surface area (Å²) < 4.78 is 0. The molecule has 0 atom stereocenters. The van der Waals surface area contributed by atoms with E-state index in [2.05, 4.69) is 42.9 Å². The third-order valence-corrected chi connectivity index (χ3v) is 3.19. The third kappa shape index (κ3) is 2.11. The zero-order chi connectivity index (χ0) is 12.4. The minimum Gasteiger partial charge on any atom is -0.357 e. The molecule has 2 N–H and O–H groups in total. The summed E-state index contributed by atoms with van der Waals surface area (Å²) >= 11 is 0. The van der Waals surface area contributed by atoms with Crippen molar-refractivity contribution in [3.05, 3.63) is 36.0 Å². The molecule has 2 aromatic rings. The van der Waals surface area contributed by atoms with E-state index in [1.54, 1.807) is 0 Å². The molecule has 0 radical (unpaired) electrons. The molecule has 0 saturated heterocycles. The van der Waals surface area contributed by atoms with Gasteiger partial charge in [0.1, 0.15) is 5.82 Å². The van der Waals surface area contributed by atoms with Crippen molar-refractivity contribution in [1.82, 2.24) is 4.98 Å². The van der Waals surface area contributed by atoms with Crippen molar-refractivity contribution in [1.29, 1.82) is 0 Å². The summed E-state index contributed by atoms with van der Waals surface area (Å²) in [5.41, 5.74) is 6.85. The van der Waals surface area contributed by atoms with E-state index in [1.807, 2.05) is 18.3 Å². The molecule has 3 nitrogen and oxygen atoms in total. The summed E-state index contributed by atoms with van der Waals surface area (Å²) in [4.78, 5) is 6.73. The molecule has 0 aliphatic carbocycles. The van der Waals surface area contributed by atoms with Crippen molar-refractivity contribution in [3.8, 4) is 0 Å². The van der Waals surface area contributed by atoms with E-state index in [4.69, 9.17) is 5.73 Å². The molecule has 1 aromatic heterocycles. The molecule has 3 heteroatoms. The van der Waals surface area contributed by atoms with E-state index in [9.17, 15) is 0 Å². The van der Waals surface area contributed by atoms with Crippen LogP contribution in [-0.4, -0.2) is 18.1 Å². The first-order valence-corrected chi connectivity index (χ1v) is 5.94. The van der Waals surface area contributed by atoms with Gasteiger partial charge in [-0.25, -0.2) is 4.98 Å². The highest BCUT2D eigenvalue weighted by atomic mass is 15.2. The number of aromatic nitrogens is 1. The molecular formula is C14H19N3. The number of nitrogens with two attached hydrogens (primary N) is 1. The molecule has 0 fully saturated rings. The Bertz CT molecular complexity index is 520. The Kier molecular flexibility index (Phi) is 3.29. The SMILES string of the molecule is CC(C)N(C)c1ncc(CN)c2ccccc12. The highest BCUT2D eigenvalue weighted by Gasteiger charge is 2.11. The van der Waals surface area contributed by atoms with Crippen LogP contribution in [0.1, 0.15) is 19.4 Å². The second kappa shape index (κ2) is 4.72. The average Bonchev–Trinajstić information content (AvgIpc) is 2.36. The maximum Gasteiger partial charge on any atom is 0.136 e. The number of hydrogen-bond acceptors (Lipinski definition) is 3. The quantitative estimate of drug-likeness (QED) is 0.879. The van der Waals surface area contributed by atoms with E-state index < -0.39 is 0 Å². The lowest BCUT2D eigenvalue weighted by molar-refractivity contribution is 0.746. The first-order valence-electron chi connectivity index (χ1n) is 5.94. The van der Waals surface area contributed by atoms with Gasteiger partial charge < -0.3 is 10.6 Å². The van der Waals surface area contributed by atoms with Crippen LogP contribution in [-0.2, 0) is 6.54 Å². The van der Waals surface area contributed by atoms with Crippen LogP contribution in [0.5, 0.6) is 0 Å². The molecule has 0 aliphatic rings. The van der Waals surface area contributed by atoms with Crippen molar-refractivity contribution in [2.24, 2.45) is 5.73 Å². The largest absolute Gasteiger partial charge is 0.357 e. The predicted octanol–water partition coefficient (Wildman–Crippen LogP) is 2.54. The molecule has 1 heterocycles. The zero-order valence-corrected chi connectivity index (χ0v) is 10.6. The standard InChI is InChI=1S/C14H19N3/c1-10(2)17(3)14-13-7-5-4-6-12(13)11(8-15)9-16-14/h4-7,9-10H,8,15H2,1-3H3. The number of anilines is 1. The fourth-order valence-electron chi connectivity index (χ4n) is 1.92. The molecule has 0 amide bonds. The Labute approximate surface area is 102 Å². The Hall–Kier alpha value is -1.61. The Morgan fingerprint density at radius 3 is 2.47 bits per heavy atom. The summed E-state index contributed by atoms with van der Waals surface area (Å²) in [6, 6.07) is 8.73. The molecule has 90 valence electrons. The number of benzene rings is 1. The van der Waals surface area contributed by atoms with E-state index in [0.717, 1.165) is 11.4 Å². The molecule has 0 spiro atoms. The normalized spacial score (nSPS) is 11.1. The molecule has 0 saturated carbocycles. The van der Waals surface area contributed by atoms with Crippen LogP contribution in [0.3, 0.4) is 0 Å². The topological polar surface area (TPSA) is 42.2 Å². The van der Waals surface area contributed by atoms with Gasteiger partial charge in [0.15, 0.2) is 0 Å². The minimum absolute atomic E-state index is 0.426. The summed E-state index contributed by atoms with van der Waals surface area (Å²) in [5, 5.41) is 2.37. The van der Waals surface area contributed by atoms with Gasteiger partial charge in [-0.15, -0.1) is 0 Å². The van der Waals surface area contributed by atoms with Crippen molar-refractivity contribution in [2.75, 3.05) is 11.9 Å². The van der Waals surface area contributed by atoms with Gasteiger partial charge in [-0.1, -0.05) is 24.3 Å². The van der Waals surface area contributed by atoms with Crippen LogP contribution in [0.25, 0.3) is 10.8 Å². The highest BCUT2D eigenvalue weighted by molar-refractivity contribution is 5.94. The van der Waals surface area contributed by atoms with Crippen molar-refractivity contribution in [2.45, 2.75) is 26.4 Å². The Morgan fingerprint density at radius 2 is 1.88 bits per heavy atom. The summed E-state index contributed by atoms with van der Waals surface area (Å²) in [6.07, 6.45) is 1.89. The lowest BCUT2D eigenvalue weighted by Gasteiger charge is -2.24. The number of hydrogen-bond donors (Lipinski definition) is 1. The fourth-order valence-corrected chi connectivity index (χ4v) is 1.92. The fraction of sp³-hybridized carbons (Fsp3) is 0.357. The van der Waals surface area contributed by atoms with Gasteiger partial charge >= 0.3 is 0 Å². The molecule has 2 rings (SSSR count). The van der Waals surface area contributed by atoms with E-state index in [-0.39, 0.29) is 0 Å². The first kappa shape index (κ1) is 11.9. The van der Waals surface area contributed by atoms with Gasteiger partial charge in [0, 0.05) is 31.2 Å². The number of rotatable bonds is 3. The predicted molar refractivity (Wildman–Crippen MR) is 73.2 cm³/mol. The first-order chi connectivity index (χ1) is 8.15. The van der Waals surface area contributed by atoms with Crippen LogP contribution in [0.2, 0.25) is 0 Å². The molecule has 0 aliphatic heterocycles. The number of fused-ring (bicyclic) bond motifs is 1. The van der Waals surface area contributed by atoms with E-state index >= 15 is 0 Å². The van der Waals surface area contributed by atoms with Gasteiger partial charge in [-0.3, -0.25) is 0 Å². The smallest absolute Gasteiger partial charge is 0.136 e. The van der Waals surface area contributed by atoms with Crippen molar-refractivity contribution in [3.63, 3.8) is 0 Å². The summed E-state index contributed by atoms with van der Waals surface area (Å²) in [7, 11) is 2.07. The third-order valence-electron chi connectivity index (χ3n) is 3.19. The monoisotopic (exact) mass is 229 g/mol.